The molecular formula is C29H27N5O3S. The maximum Gasteiger partial charge on any atom is 0.233 e. The number of imidazole rings is 1. The number of carbonyl (C=O) groups is 1. The average molecular weight is 526 g/mol. The number of allylic oxidation sites excluding steroid dienone is 2. The molecule has 4 aromatic rings. The Balaban J connectivity index is 1.24. The van der Waals surface area contributed by atoms with E-state index in [1.54, 1.807) is 30.2 Å². The Labute approximate surface area is 224 Å². The Morgan fingerprint density at radius 3 is 2.95 bits per heavy atom. The predicted molar refractivity (Wildman–Crippen MR) is 148 cm³/mol. The fourth-order valence-electron chi connectivity index (χ4n) is 4.82. The van der Waals surface area contributed by atoms with Gasteiger partial charge in [0.25, 0.3) is 0 Å². The number of benzene rings is 2. The number of nitrogens with one attached hydrogen (secondary N) is 1. The number of hydrogen-bond acceptors (Lipinski definition) is 7. The normalized spacial score (nSPS) is 16.4. The lowest BCUT2D eigenvalue weighted by Crippen LogP contribution is -2.29. The van der Waals surface area contributed by atoms with Crippen LogP contribution in [0.3, 0.4) is 0 Å². The van der Waals surface area contributed by atoms with E-state index in [0.717, 1.165) is 58.9 Å². The van der Waals surface area contributed by atoms with Gasteiger partial charge in [0.15, 0.2) is 11.5 Å². The molecule has 0 saturated heterocycles. The van der Waals surface area contributed by atoms with Crippen LogP contribution < -0.4 is 14.8 Å². The molecule has 0 radical (unpaired) electrons. The third kappa shape index (κ3) is 5.10. The van der Waals surface area contributed by atoms with E-state index in [0.29, 0.717) is 24.5 Å². The molecule has 2 aromatic carbocycles. The van der Waals surface area contributed by atoms with Crippen molar-refractivity contribution in [1.29, 1.82) is 0 Å². The third-order valence-corrected chi connectivity index (χ3v) is 7.51. The molecule has 1 aliphatic carbocycles. The minimum atomic E-state index is -0.275. The van der Waals surface area contributed by atoms with Crippen molar-refractivity contribution in [3.8, 4) is 11.5 Å². The van der Waals surface area contributed by atoms with E-state index in [9.17, 15) is 4.79 Å². The molecule has 2 aromatic heterocycles. The van der Waals surface area contributed by atoms with Crippen LogP contribution in [-0.4, -0.2) is 33.3 Å². The van der Waals surface area contributed by atoms with E-state index in [1.165, 1.54) is 0 Å². The first-order valence-electron chi connectivity index (χ1n) is 12.5. The van der Waals surface area contributed by atoms with Crippen LogP contribution >= 0.6 is 11.3 Å². The highest BCUT2D eigenvalue weighted by Crippen LogP contribution is 2.38. The molecule has 3 heterocycles. The molecular weight excluding hydrogens is 498 g/mol. The lowest BCUT2D eigenvalue weighted by Gasteiger charge is -2.22. The van der Waals surface area contributed by atoms with Crippen molar-refractivity contribution in [2.45, 2.75) is 32.4 Å². The molecule has 1 N–H and O–H groups in total. The third-order valence-electron chi connectivity index (χ3n) is 6.88. The topological polar surface area (TPSA) is 90.6 Å². The largest absolute Gasteiger partial charge is 0.493 e. The Morgan fingerprint density at radius 1 is 1.18 bits per heavy atom. The second-order valence-corrected chi connectivity index (χ2v) is 10.0. The van der Waals surface area contributed by atoms with Crippen molar-refractivity contribution in [3.63, 3.8) is 0 Å². The molecule has 0 bridgehead atoms. The lowest BCUT2D eigenvalue weighted by atomic mass is 9.84. The van der Waals surface area contributed by atoms with E-state index in [-0.39, 0.29) is 11.8 Å². The molecule has 38 heavy (non-hydrogen) atoms. The van der Waals surface area contributed by atoms with Gasteiger partial charge in [-0.05, 0) is 66.3 Å². The zero-order valence-corrected chi connectivity index (χ0v) is 21.8. The van der Waals surface area contributed by atoms with Crippen molar-refractivity contribution in [3.05, 3.63) is 88.9 Å². The van der Waals surface area contributed by atoms with Crippen LogP contribution in [0.2, 0.25) is 0 Å². The van der Waals surface area contributed by atoms with Crippen LogP contribution in [0, 0.1) is 5.92 Å². The number of carbonyl (C=O) groups excluding carboxylic acids is 1. The summed E-state index contributed by atoms with van der Waals surface area (Å²) >= 11 is 1.54. The van der Waals surface area contributed by atoms with Crippen molar-refractivity contribution in [2.75, 3.05) is 12.4 Å². The highest BCUT2D eigenvalue weighted by atomic mass is 32.1. The fourth-order valence-corrected chi connectivity index (χ4v) is 5.36. The maximum atomic E-state index is 13.2. The van der Waals surface area contributed by atoms with E-state index >= 15 is 0 Å². The summed E-state index contributed by atoms with van der Waals surface area (Å²) in [6.07, 6.45) is 9.90. The van der Waals surface area contributed by atoms with Crippen LogP contribution in [0.25, 0.3) is 5.57 Å². The monoisotopic (exact) mass is 525 g/mol. The van der Waals surface area contributed by atoms with Crippen molar-refractivity contribution < 1.29 is 14.3 Å². The second-order valence-electron chi connectivity index (χ2n) is 9.32. The molecule has 8 nitrogen and oxygen atoms in total. The Morgan fingerprint density at radius 2 is 2.13 bits per heavy atom. The van der Waals surface area contributed by atoms with Gasteiger partial charge >= 0.3 is 0 Å². The number of aliphatic imine (C=N–C) groups is 1. The van der Waals surface area contributed by atoms with Crippen LogP contribution in [0.1, 0.15) is 29.7 Å². The quantitative estimate of drug-likeness (QED) is 0.319. The number of hydrogen-bond donors (Lipinski definition) is 1. The van der Waals surface area contributed by atoms with E-state index in [1.807, 2.05) is 52.8 Å². The molecule has 1 unspecified atom stereocenters. The van der Waals surface area contributed by atoms with Gasteiger partial charge in [-0.15, -0.1) is 11.3 Å². The van der Waals surface area contributed by atoms with Gasteiger partial charge in [-0.3, -0.25) is 9.79 Å². The van der Waals surface area contributed by atoms with Crippen LogP contribution in [0.5, 0.6) is 11.5 Å². The van der Waals surface area contributed by atoms with Crippen molar-refractivity contribution >= 4 is 39.9 Å². The number of methoxy groups -OCH3 is 1. The zero-order valence-electron chi connectivity index (χ0n) is 21.0. The minimum Gasteiger partial charge on any atom is -0.493 e. The fraction of sp³-hybridized carbons (Fsp3) is 0.241. The first kappa shape index (κ1) is 24.1. The molecule has 1 amide bonds. The van der Waals surface area contributed by atoms with Gasteiger partial charge in [0.2, 0.25) is 5.91 Å². The molecule has 0 saturated carbocycles. The van der Waals surface area contributed by atoms with Gasteiger partial charge in [-0.1, -0.05) is 12.1 Å². The summed E-state index contributed by atoms with van der Waals surface area (Å²) in [7, 11) is 1.64. The molecule has 192 valence electrons. The zero-order chi connectivity index (χ0) is 25.9. The standard InChI is InChI=1S/C29H27N5O3S/c1-36-28-14-21(4-7-27(28)37-15-22-16-38-18-31-22)20-3-5-23-25(13-20)32-24-6-2-19(12-26(24)33-29(23)35)8-10-34-11-9-30-17-34/h2,4,6-7,9,11-14,16-18,23H,3,5,8,10,15H2,1H3,(H,33,35). The summed E-state index contributed by atoms with van der Waals surface area (Å²) < 4.78 is 13.6. The highest BCUT2D eigenvalue weighted by Gasteiger charge is 2.31. The molecule has 9 heteroatoms. The van der Waals surface area contributed by atoms with Crippen LogP contribution in [0.4, 0.5) is 11.4 Å². The Hall–Kier alpha value is -4.24. The number of thiazole rings is 1. The van der Waals surface area contributed by atoms with Gasteiger partial charge in [-0.2, -0.15) is 0 Å². The maximum absolute atomic E-state index is 13.2. The van der Waals surface area contributed by atoms with E-state index < -0.39 is 0 Å². The summed E-state index contributed by atoms with van der Waals surface area (Å²) in [6, 6.07) is 12.0. The van der Waals surface area contributed by atoms with Crippen molar-refractivity contribution in [1.82, 2.24) is 14.5 Å². The Kier molecular flexibility index (Phi) is 6.75. The summed E-state index contributed by atoms with van der Waals surface area (Å²) in [5.41, 5.74) is 8.30. The van der Waals surface area contributed by atoms with Crippen LogP contribution in [0.15, 0.2) is 77.1 Å². The number of aromatic nitrogens is 3. The summed E-state index contributed by atoms with van der Waals surface area (Å²) in [6.45, 7) is 1.22. The summed E-state index contributed by atoms with van der Waals surface area (Å²) in [4.78, 5) is 26.4. The van der Waals surface area contributed by atoms with Crippen LogP contribution in [-0.2, 0) is 24.4 Å². The molecule has 2 aliphatic rings. The van der Waals surface area contributed by atoms with Gasteiger partial charge < -0.3 is 19.4 Å². The number of ether oxygens (including phenoxy) is 2. The minimum absolute atomic E-state index is 0.00655. The Bertz CT molecular complexity index is 1510. The SMILES string of the molecule is COc1cc(C2=CC3=Nc4ccc(CCn5ccnc5)cc4NC(=O)C3CC2)ccc1OCc1cscn1. The number of amides is 1. The van der Waals surface area contributed by atoms with Gasteiger partial charge in [0.05, 0.1) is 47.6 Å². The first-order chi connectivity index (χ1) is 18.7. The second kappa shape index (κ2) is 10.6. The molecule has 0 spiro atoms. The number of nitrogens with zero attached hydrogens (tertiary/aromatic N) is 4. The molecule has 1 atom stereocenters. The first-order valence-corrected chi connectivity index (χ1v) is 13.5. The average Bonchev–Trinajstić information content (AvgIpc) is 3.64. The summed E-state index contributed by atoms with van der Waals surface area (Å²) in [5, 5.41) is 5.08. The van der Waals surface area contributed by atoms with Gasteiger partial charge in [-0.25, -0.2) is 9.97 Å². The number of rotatable bonds is 8. The molecule has 0 fully saturated rings. The lowest BCUT2D eigenvalue weighted by molar-refractivity contribution is -0.118. The summed E-state index contributed by atoms with van der Waals surface area (Å²) in [5.74, 6) is 1.05. The van der Waals surface area contributed by atoms with E-state index in [4.69, 9.17) is 14.5 Å². The van der Waals surface area contributed by atoms with Crippen molar-refractivity contribution in [2.24, 2.45) is 10.9 Å². The highest BCUT2D eigenvalue weighted by molar-refractivity contribution is 7.07. The number of anilines is 1. The predicted octanol–water partition coefficient (Wildman–Crippen LogP) is 5.69. The molecule has 6 rings (SSSR count). The van der Waals surface area contributed by atoms with Gasteiger partial charge in [0.1, 0.15) is 6.61 Å². The van der Waals surface area contributed by atoms with Gasteiger partial charge in [0, 0.05) is 24.3 Å². The molecule has 1 aliphatic heterocycles. The smallest absolute Gasteiger partial charge is 0.233 e. The number of fused-ring (bicyclic) bond motifs is 2. The van der Waals surface area contributed by atoms with E-state index in [2.05, 4.69) is 27.4 Å². The number of aryl methyl sites for hydroxylation is 2.